The molecular formula is C16H14ClF3O3. The highest BCUT2D eigenvalue weighted by Crippen LogP contribution is 2.45. The Hall–Kier alpha value is -2.08. The van der Waals surface area contributed by atoms with Crippen LogP contribution in [-0.4, -0.2) is 21.3 Å². The van der Waals surface area contributed by atoms with Crippen LogP contribution in [0.2, 0.25) is 5.02 Å². The molecule has 2 aromatic rings. The summed E-state index contributed by atoms with van der Waals surface area (Å²) in [6.45, 7) is 0. The summed E-state index contributed by atoms with van der Waals surface area (Å²) in [5.74, 6) is 1.15. The summed E-state index contributed by atoms with van der Waals surface area (Å²) in [6.07, 6.45) is -4.50. The van der Waals surface area contributed by atoms with Crippen molar-refractivity contribution in [1.82, 2.24) is 0 Å². The maximum atomic E-state index is 12.8. The zero-order chi connectivity index (χ0) is 17.2. The molecule has 124 valence electrons. The quantitative estimate of drug-likeness (QED) is 0.775. The molecule has 0 N–H and O–H groups in total. The van der Waals surface area contributed by atoms with Gasteiger partial charge >= 0.3 is 6.18 Å². The van der Waals surface area contributed by atoms with Gasteiger partial charge in [-0.1, -0.05) is 17.7 Å². The number of hydrogen-bond acceptors (Lipinski definition) is 3. The Kier molecular flexibility index (Phi) is 4.94. The summed E-state index contributed by atoms with van der Waals surface area (Å²) < 4.78 is 54.2. The van der Waals surface area contributed by atoms with E-state index in [-0.39, 0.29) is 5.02 Å². The molecule has 2 rings (SSSR count). The predicted octanol–water partition coefficient (Wildman–Crippen LogP) is 5.05. The fourth-order valence-electron chi connectivity index (χ4n) is 2.24. The molecular weight excluding hydrogens is 333 g/mol. The van der Waals surface area contributed by atoms with Crippen LogP contribution < -0.4 is 14.2 Å². The fraction of sp³-hybridized carbons (Fsp3) is 0.250. The summed E-state index contributed by atoms with van der Waals surface area (Å²) >= 11 is 5.77. The maximum Gasteiger partial charge on any atom is 0.417 e. The van der Waals surface area contributed by atoms with Crippen LogP contribution in [0.1, 0.15) is 5.56 Å². The molecule has 0 aliphatic carbocycles. The molecule has 0 unspecified atom stereocenters. The lowest BCUT2D eigenvalue weighted by atomic mass is 10.0. The summed E-state index contributed by atoms with van der Waals surface area (Å²) in [4.78, 5) is 0. The highest BCUT2D eigenvalue weighted by molar-refractivity contribution is 6.31. The Morgan fingerprint density at radius 2 is 1.52 bits per heavy atom. The first-order valence-corrected chi connectivity index (χ1v) is 6.87. The Morgan fingerprint density at radius 3 is 2.00 bits per heavy atom. The molecule has 0 amide bonds. The van der Waals surface area contributed by atoms with Crippen molar-refractivity contribution >= 4 is 11.6 Å². The van der Waals surface area contributed by atoms with Crippen molar-refractivity contribution in [2.75, 3.05) is 21.3 Å². The van der Waals surface area contributed by atoms with E-state index in [9.17, 15) is 13.2 Å². The van der Waals surface area contributed by atoms with Crippen molar-refractivity contribution in [2.45, 2.75) is 6.18 Å². The minimum absolute atomic E-state index is 0.350. The summed E-state index contributed by atoms with van der Waals surface area (Å²) in [5, 5.41) is -0.383. The maximum absolute atomic E-state index is 12.8. The molecule has 0 bridgehead atoms. The number of alkyl halides is 3. The van der Waals surface area contributed by atoms with Crippen molar-refractivity contribution in [1.29, 1.82) is 0 Å². The van der Waals surface area contributed by atoms with Gasteiger partial charge in [0.25, 0.3) is 0 Å². The van der Waals surface area contributed by atoms with Crippen molar-refractivity contribution in [3.05, 3.63) is 40.9 Å². The zero-order valence-electron chi connectivity index (χ0n) is 12.6. The van der Waals surface area contributed by atoms with E-state index in [0.717, 1.165) is 6.07 Å². The predicted molar refractivity (Wildman–Crippen MR) is 81.5 cm³/mol. The molecule has 3 nitrogen and oxygen atoms in total. The van der Waals surface area contributed by atoms with E-state index in [1.54, 1.807) is 12.1 Å². The molecule has 23 heavy (non-hydrogen) atoms. The number of benzene rings is 2. The highest BCUT2D eigenvalue weighted by atomic mass is 35.5. The third-order valence-electron chi connectivity index (χ3n) is 3.29. The highest BCUT2D eigenvalue weighted by Gasteiger charge is 2.33. The number of halogens is 4. The van der Waals surface area contributed by atoms with Gasteiger partial charge in [-0.25, -0.2) is 0 Å². The summed E-state index contributed by atoms with van der Waals surface area (Å²) in [7, 11) is 4.36. The van der Waals surface area contributed by atoms with Gasteiger partial charge < -0.3 is 14.2 Å². The molecule has 0 aliphatic rings. The molecule has 0 atom stereocenters. The van der Waals surface area contributed by atoms with E-state index >= 15 is 0 Å². The van der Waals surface area contributed by atoms with E-state index in [1.165, 1.54) is 33.5 Å². The topological polar surface area (TPSA) is 27.7 Å². The molecule has 0 radical (unpaired) electrons. The zero-order valence-corrected chi connectivity index (χ0v) is 13.4. The van der Waals surface area contributed by atoms with Crippen LogP contribution >= 0.6 is 11.6 Å². The van der Waals surface area contributed by atoms with E-state index in [1.807, 2.05) is 0 Å². The average molecular weight is 347 g/mol. The second-order valence-electron chi connectivity index (χ2n) is 4.57. The Morgan fingerprint density at radius 1 is 0.870 bits per heavy atom. The summed E-state index contributed by atoms with van der Waals surface area (Å²) in [6, 6.07) is 6.82. The minimum atomic E-state index is -4.50. The summed E-state index contributed by atoms with van der Waals surface area (Å²) in [5.41, 5.74) is 0.129. The molecule has 0 aliphatic heterocycles. The number of rotatable bonds is 4. The standard InChI is InChI=1S/C16H14ClF3O3/c1-21-13-7-5-10(14(22-2)15(13)23-3)9-4-6-11(12(17)8-9)16(18,19)20/h4-8H,1-3H3. The van der Waals surface area contributed by atoms with Crippen LogP contribution in [0, 0.1) is 0 Å². The van der Waals surface area contributed by atoms with Crippen molar-refractivity contribution in [2.24, 2.45) is 0 Å². The van der Waals surface area contributed by atoms with E-state index in [0.29, 0.717) is 28.4 Å². The molecule has 0 saturated carbocycles. The first-order chi connectivity index (χ1) is 10.8. The van der Waals surface area contributed by atoms with E-state index in [4.69, 9.17) is 25.8 Å². The van der Waals surface area contributed by atoms with Crippen LogP contribution in [0.3, 0.4) is 0 Å². The number of hydrogen-bond donors (Lipinski definition) is 0. The largest absolute Gasteiger partial charge is 0.493 e. The molecule has 0 saturated heterocycles. The second kappa shape index (κ2) is 6.58. The van der Waals surface area contributed by atoms with Crippen LogP contribution in [0.25, 0.3) is 11.1 Å². The van der Waals surface area contributed by atoms with Crippen LogP contribution in [0.15, 0.2) is 30.3 Å². The van der Waals surface area contributed by atoms with Crippen LogP contribution in [0.4, 0.5) is 13.2 Å². The molecule has 2 aromatic carbocycles. The lowest BCUT2D eigenvalue weighted by Gasteiger charge is -2.17. The SMILES string of the molecule is COc1ccc(-c2ccc(C(F)(F)F)c(Cl)c2)c(OC)c1OC. The smallest absolute Gasteiger partial charge is 0.417 e. The van der Waals surface area contributed by atoms with Gasteiger partial charge in [0.2, 0.25) is 5.75 Å². The first kappa shape index (κ1) is 17.3. The van der Waals surface area contributed by atoms with Gasteiger partial charge in [0.1, 0.15) is 0 Å². The first-order valence-electron chi connectivity index (χ1n) is 6.49. The second-order valence-corrected chi connectivity index (χ2v) is 4.98. The molecule has 0 spiro atoms. The Balaban J connectivity index is 2.61. The van der Waals surface area contributed by atoms with E-state index in [2.05, 4.69) is 0 Å². The normalized spacial score (nSPS) is 11.3. The van der Waals surface area contributed by atoms with Gasteiger partial charge in [-0.3, -0.25) is 0 Å². The van der Waals surface area contributed by atoms with Gasteiger partial charge in [0.05, 0.1) is 31.9 Å². The van der Waals surface area contributed by atoms with Crippen LogP contribution in [-0.2, 0) is 6.18 Å². The van der Waals surface area contributed by atoms with Crippen LogP contribution in [0.5, 0.6) is 17.2 Å². The fourth-order valence-corrected chi connectivity index (χ4v) is 2.53. The van der Waals surface area contributed by atoms with Crippen molar-refractivity contribution < 1.29 is 27.4 Å². The molecule has 0 heterocycles. The molecule has 0 aromatic heterocycles. The van der Waals surface area contributed by atoms with Gasteiger partial charge in [0.15, 0.2) is 11.5 Å². The van der Waals surface area contributed by atoms with E-state index < -0.39 is 11.7 Å². The Bertz CT molecular complexity index is 714. The lowest BCUT2D eigenvalue weighted by molar-refractivity contribution is -0.137. The third-order valence-corrected chi connectivity index (χ3v) is 3.60. The van der Waals surface area contributed by atoms with Crippen molar-refractivity contribution in [3.63, 3.8) is 0 Å². The molecule has 7 heteroatoms. The number of ether oxygens (including phenoxy) is 3. The van der Waals surface area contributed by atoms with Gasteiger partial charge in [-0.2, -0.15) is 13.2 Å². The lowest BCUT2D eigenvalue weighted by Crippen LogP contribution is -2.05. The minimum Gasteiger partial charge on any atom is -0.493 e. The number of methoxy groups -OCH3 is 3. The van der Waals surface area contributed by atoms with Gasteiger partial charge in [0, 0.05) is 5.56 Å². The van der Waals surface area contributed by atoms with Gasteiger partial charge in [-0.15, -0.1) is 0 Å². The van der Waals surface area contributed by atoms with Crippen molar-refractivity contribution in [3.8, 4) is 28.4 Å². The Labute approximate surface area is 136 Å². The van der Waals surface area contributed by atoms with Gasteiger partial charge in [-0.05, 0) is 29.8 Å². The average Bonchev–Trinajstić information content (AvgIpc) is 2.51. The monoisotopic (exact) mass is 346 g/mol. The molecule has 0 fully saturated rings. The third kappa shape index (κ3) is 3.32.